The van der Waals surface area contributed by atoms with Crippen LogP contribution in [-0.4, -0.2) is 24.6 Å². The minimum atomic E-state index is -0.431. The molecule has 0 radical (unpaired) electrons. The van der Waals surface area contributed by atoms with Gasteiger partial charge in [0.05, 0.1) is 11.5 Å². The van der Waals surface area contributed by atoms with Crippen LogP contribution < -0.4 is 10.1 Å². The molecule has 5 nitrogen and oxygen atoms in total. The van der Waals surface area contributed by atoms with Crippen molar-refractivity contribution in [3.05, 3.63) is 32.8 Å². The highest BCUT2D eigenvalue weighted by atomic mass is 79.9. The van der Waals surface area contributed by atoms with E-state index >= 15 is 0 Å². The minimum absolute atomic E-state index is 0.0246. The van der Waals surface area contributed by atoms with Gasteiger partial charge in [-0.05, 0) is 47.9 Å². The maximum atomic E-state index is 10.7. The van der Waals surface area contributed by atoms with Gasteiger partial charge in [-0.3, -0.25) is 10.1 Å². The normalized spacial score (nSPS) is 10.3. The van der Waals surface area contributed by atoms with Crippen LogP contribution in [0.1, 0.15) is 19.8 Å². The molecule has 0 aliphatic rings. The molecule has 1 aromatic rings. The first kappa shape index (κ1) is 14.9. The topological polar surface area (TPSA) is 64.4 Å². The van der Waals surface area contributed by atoms with Gasteiger partial charge in [0.1, 0.15) is 10.2 Å². The van der Waals surface area contributed by atoms with E-state index in [0.29, 0.717) is 16.8 Å². The van der Waals surface area contributed by atoms with Gasteiger partial charge in [-0.2, -0.15) is 0 Å². The van der Waals surface area contributed by atoms with Gasteiger partial charge in [-0.25, -0.2) is 0 Å². The summed E-state index contributed by atoms with van der Waals surface area (Å²) in [6, 6.07) is 4.78. The Balaban J connectivity index is 2.43. The summed E-state index contributed by atoms with van der Waals surface area (Å²) in [6.07, 6.45) is 1.98. The Morgan fingerprint density at radius 1 is 1.44 bits per heavy atom. The molecule has 1 aromatic carbocycles. The van der Waals surface area contributed by atoms with Crippen molar-refractivity contribution in [2.75, 3.05) is 19.7 Å². The van der Waals surface area contributed by atoms with Crippen molar-refractivity contribution in [1.29, 1.82) is 0 Å². The monoisotopic (exact) mass is 316 g/mol. The van der Waals surface area contributed by atoms with E-state index < -0.39 is 4.92 Å². The van der Waals surface area contributed by atoms with Gasteiger partial charge in [0.25, 0.3) is 5.69 Å². The average molecular weight is 317 g/mol. The number of ether oxygens (including phenoxy) is 1. The smallest absolute Gasteiger partial charge is 0.287 e. The number of nitrogens with zero attached hydrogens (tertiary/aromatic N) is 1. The van der Waals surface area contributed by atoms with Crippen LogP contribution in [0.4, 0.5) is 5.69 Å². The van der Waals surface area contributed by atoms with E-state index in [1.165, 1.54) is 6.07 Å². The van der Waals surface area contributed by atoms with Gasteiger partial charge in [-0.15, -0.1) is 0 Å². The molecule has 100 valence electrons. The Hall–Kier alpha value is -1.14. The number of nitro benzene ring substituents is 1. The lowest BCUT2D eigenvalue weighted by atomic mass is 10.3. The van der Waals surface area contributed by atoms with Gasteiger partial charge < -0.3 is 10.1 Å². The summed E-state index contributed by atoms with van der Waals surface area (Å²) in [5.74, 6) is 0.514. The highest BCUT2D eigenvalue weighted by molar-refractivity contribution is 9.10. The van der Waals surface area contributed by atoms with Gasteiger partial charge in [0, 0.05) is 6.07 Å². The Bertz CT molecular complexity index is 399. The molecule has 0 heterocycles. The number of hydrogen-bond donors (Lipinski definition) is 1. The number of nitrogens with one attached hydrogen (secondary N) is 1. The fraction of sp³-hybridized carbons (Fsp3) is 0.500. The van der Waals surface area contributed by atoms with E-state index in [-0.39, 0.29) is 5.69 Å². The van der Waals surface area contributed by atoms with Gasteiger partial charge >= 0.3 is 0 Å². The third-order valence-corrected chi connectivity index (χ3v) is 3.12. The largest absolute Gasteiger partial charge is 0.492 e. The molecule has 0 atom stereocenters. The molecular formula is C12H17BrN2O3. The third-order valence-electron chi connectivity index (χ3n) is 2.32. The van der Waals surface area contributed by atoms with Gasteiger partial charge in [0.2, 0.25) is 0 Å². The van der Waals surface area contributed by atoms with Crippen LogP contribution in [0, 0.1) is 10.1 Å². The summed E-state index contributed by atoms with van der Waals surface area (Å²) in [5.41, 5.74) is 0.0246. The maximum Gasteiger partial charge on any atom is 0.287 e. The van der Waals surface area contributed by atoms with E-state index in [9.17, 15) is 10.1 Å². The highest BCUT2D eigenvalue weighted by Crippen LogP contribution is 2.33. The Kier molecular flexibility index (Phi) is 6.67. The Labute approximate surface area is 115 Å². The van der Waals surface area contributed by atoms with Crippen LogP contribution in [0.15, 0.2) is 22.7 Å². The number of hydrogen-bond acceptors (Lipinski definition) is 4. The Morgan fingerprint density at radius 3 is 2.89 bits per heavy atom. The molecule has 0 saturated carbocycles. The number of rotatable bonds is 8. The molecule has 1 N–H and O–H groups in total. The lowest BCUT2D eigenvalue weighted by Gasteiger charge is -2.08. The van der Waals surface area contributed by atoms with Crippen molar-refractivity contribution < 1.29 is 9.66 Å². The van der Waals surface area contributed by atoms with E-state index in [1.54, 1.807) is 12.1 Å². The molecular weight excluding hydrogens is 300 g/mol. The standard InChI is InChI=1S/C12H17BrN2O3/c1-2-7-14-8-4-9-18-11-6-3-5-10(12(11)13)15(16)17/h3,5-6,14H,2,4,7-9H2,1H3. The lowest BCUT2D eigenvalue weighted by molar-refractivity contribution is -0.385. The first-order chi connectivity index (χ1) is 8.66. The fourth-order valence-electron chi connectivity index (χ4n) is 1.43. The summed E-state index contributed by atoms with van der Waals surface area (Å²) in [4.78, 5) is 10.3. The third kappa shape index (κ3) is 4.62. The second-order valence-corrected chi connectivity index (χ2v) is 4.59. The molecule has 0 aliphatic carbocycles. The summed E-state index contributed by atoms with van der Waals surface area (Å²) in [7, 11) is 0. The number of nitro groups is 1. The van der Waals surface area contributed by atoms with Crippen molar-refractivity contribution in [3.8, 4) is 5.75 Å². The maximum absolute atomic E-state index is 10.7. The first-order valence-electron chi connectivity index (χ1n) is 5.93. The van der Waals surface area contributed by atoms with Crippen molar-refractivity contribution in [2.24, 2.45) is 0 Å². The van der Waals surface area contributed by atoms with Crippen LogP contribution in [0.25, 0.3) is 0 Å². The van der Waals surface area contributed by atoms with Crippen molar-refractivity contribution in [3.63, 3.8) is 0 Å². The molecule has 0 aromatic heterocycles. The van der Waals surface area contributed by atoms with E-state index in [0.717, 1.165) is 25.9 Å². The molecule has 1 rings (SSSR count). The highest BCUT2D eigenvalue weighted by Gasteiger charge is 2.15. The summed E-state index contributed by atoms with van der Waals surface area (Å²) in [6.45, 7) is 4.54. The molecule has 0 amide bonds. The van der Waals surface area contributed by atoms with Crippen LogP contribution in [0.3, 0.4) is 0 Å². The van der Waals surface area contributed by atoms with Gasteiger partial charge in [0.15, 0.2) is 0 Å². The predicted molar refractivity (Wildman–Crippen MR) is 74.1 cm³/mol. The molecule has 6 heteroatoms. The average Bonchev–Trinajstić information content (AvgIpc) is 2.35. The van der Waals surface area contributed by atoms with Crippen LogP contribution in [0.5, 0.6) is 5.75 Å². The van der Waals surface area contributed by atoms with E-state index in [2.05, 4.69) is 28.2 Å². The molecule has 18 heavy (non-hydrogen) atoms. The number of halogens is 1. The zero-order chi connectivity index (χ0) is 13.4. The zero-order valence-electron chi connectivity index (χ0n) is 10.3. The molecule has 0 fully saturated rings. The van der Waals surface area contributed by atoms with Crippen LogP contribution in [0.2, 0.25) is 0 Å². The SMILES string of the molecule is CCCNCCCOc1cccc([N+](=O)[O-])c1Br. The summed E-state index contributed by atoms with van der Waals surface area (Å²) in [5, 5.41) is 14.0. The van der Waals surface area contributed by atoms with Crippen molar-refractivity contribution in [2.45, 2.75) is 19.8 Å². The molecule has 0 unspecified atom stereocenters. The molecule has 0 bridgehead atoms. The fourth-order valence-corrected chi connectivity index (χ4v) is 1.96. The zero-order valence-corrected chi connectivity index (χ0v) is 11.9. The van der Waals surface area contributed by atoms with Gasteiger partial charge in [-0.1, -0.05) is 13.0 Å². The van der Waals surface area contributed by atoms with Crippen molar-refractivity contribution in [1.82, 2.24) is 5.32 Å². The van der Waals surface area contributed by atoms with Crippen molar-refractivity contribution >= 4 is 21.6 Å². The second kappa shape index (κ2) is 8.05. The Morgan fingerprint density at radius 2 is 2.22 bits per heavy atom. The predicted octanol–water partition coefficient (Wildman–Crippen LogP) is 3.13. The summed E-state index contributed by atoms with van der Waals surface area (Å²) < 4.78 is 5.92. The minimum Gasteiger partial charge on any atom is -0.492 e. The van der Waals surface area contributed by atoms with E-state index in [4.69, 9.17) is 4.74 Å². The molecule has 0 spiro atoms. The molecule has 0 saturated heterocycles. The van der Waals surface area contributed by atoms with E-state index in [1.807, 2.05) is 0 Å². The first-order valence-corrected chi connectivity index (χ1v) is 6.72. The quantitative estimate of drug-likeness (QED) is 0.454. The second-order valence-electron chi connectivity index (χ2n) is 3.80. The number of benzene rings is 1. The summed E-state index contributed by atoms with van der Waals surface area (Å²) >= 11 is 3.19. The lowest BCUT2D eigenvalue weighted by Crippen LogP contribution is -2.18. The molecule has 0 aliphatic heterocycles. The van der Waals surface area contributed by atoms with Crippen LogP contribution >= 0.6 is 15.9 Å². The van der Waals surface area contributed by atoms with Crippen LogP contribution in [-0.2, 0) is 0 Å².